The van der Waals surface area contributed by atoms with Gasteiger partial charge in [-0.15, -0.1) is 11.3 Å². The number of carbonyl (C=O) groups excluding carboxylic acids is 1. The summed E-state index contributed by atoms with van der Waals surface area (Å²) in [5.41, 5.74) is 3.49. The Morgan fingerprint density at radius 2 is 1.96 bits per heavy atom. The molecule has 2 N–H and O–H groups in total. The molecule has 2 aromatic rings. The normalized spacial score (nSPS) is 14.6. The minimum Gasteiger partial charge on any atom is -0.356 e. The number of nitrogens with one attached hydrogen (secondary N) is 2. The standard InChI is InChI=1S/C21H29N5OS/c1-15-16(2)28-19(25-15)10-11-23-21(22-3)24-13-17-6-8-18(9-7-17)14-26-12-4-5-20(26)27/h6-9H,4-5,10-14H2,1-3H3,(H2,22,23,24). The topological polar surface area (TPSA) is 69.6 Å². The van der Waals surface area contributed by atoms with Gasteiger partial charge in [-0.1, -0.05) is 24.3 Å². The molecule has 1 amide bonds. The van der Waals surface area contributed by atoms with E-state index in [0.717, 1.165) is 42.6 Å². The van der Waals surface area contributed by atoms with Gasteiger partial charge >= 0.3 is 0 Å². The lowest BCUT2D eigenvalue weighted by Gasteiger charge is -2.16. The zero-order valence-electron chi connectivity index (χ0n) is 16.9. The number of thiazole rings is 1. The van der Waals surface area contributed by atoms with Crippen LogP contribution in [0.1, 0.15) is 39.5 Å². The van der Waals surface area contributed by atoms with Crippen molar-refractivity contribution in [1.82, 2.24) is 20.5 Å². The Hall–Kier alpha value is -2.41. The van der Waals surface area contributed by atoms with Crippen molar-refractivity contribution in [3.8, 4) is 0 Å². The maximum absolute atomic E-state index is 11.7. The lowest BCUT2D eigenvalue weighted by atomic mass is 10.1. The zero-order chi connectivity index (χ0) is 19.9. The Bertz CT molecular complexity index is 808. The molecule has 1 aromatic heterocycles. The van der Waals surface area contributed by atoms with Crippen molar-refractivity contribution in [2.75, 3.05) is 20.1 Å². The third-order valence-electron chi connectivity index (χ3n) is 4.96. The van der Waals surface area contributed by atoms with Gasteiger partial charge in [0, 0.05) is 50.9 Å². The molecule has 0 bridgehead atoms. The molecule has 1 aromatic carbocycles. The molecule has 1 saturated heterocycles. The summed E-state index contributed by atoms with van der Waals surface area (Å²) < 4.78 is 0. The summed E-state index contributed by atoms with van der Waals surface area (Å²) in [5.74, 6) is 1.06. The first kappa shape index (κ1) is 20.3. The number of benzene rings is 1. The number of guanidine groups is 1. The summed E-state index contributed by atoms with van der Waals surface area (Å²) in [5, 5.41) is 7.85. The molecule has 150 valence electrons. The third-order valence-corrected chi connectivity index (χ3v) is 6.09. The van der Waals surface area contributed by atoms with Crippen LogP contribution in [0.4, 0.5) is 0 Å². The van der Waals surface area contributed by atoms with Crippen molar-refractivity contribution in [3.63, 3.8) is 0 Å². The molecule has 3 rings (SSSR count). The van der Waals surface area contributed by atoms with Gasteiger partial charge in [-0.2, -0.15) is 0 Å². The molecule has 0 radical (unpaired) electrons. The fourth-order valence-corrected chi connectivity index (χ4v) is 4.13. The van der Waals surface area contributed by atoms with Gasteiger partial charge in [0.25, 0.3) is 0 Å². The number of amides is 1. The number of aromatic nitrogens is 1. The average Bonchev–Trinajstić information content (AvgIpc) is 3.24. The summed E-state index contributed by atoms with van der Waals surface area (Å²) in [6, 6.07) is 8.42. The van der Waals surface area contributed by atoms with Crippen LogP contribution in [-0.2, 0) is 24.3 Å². The van der Waals surface area contributed by atoms with Gasteiger partial charge in [0.2, 0.25) is 5.91 Å². The Morgan fingerprint density at radius 1 is 1.21 bits per heavy atom. The minimum absolute atomic E-state index is 0.267. The Balaban J connectivity index is 1.42. The zero-order valence-corrected chi connectivity index (χ0v) is 17.7. The van der Waals surface area contributed by atoms with Crippen molar-refractivity contribution in [3.05, 3.63) is 51.0 Å². The number of hydrogen-bond donors (Lipinski definition) is 2. The molecule has 7 heteroatoms. The lowest BCUT2D eigenvalue weighted by molar-refractivity contribution is -0.128. The van der Waals surface area contributed by atoms with Gasteiger partial charge in [-0.05, 0) is 31.4 Å². The molecule has 1 fully saturated rings. The molecule has 1 aliphatic rings. The number of aliphatic imine (C=N–C) groups is 1. The second kappa shape index (κ2) is 9.68. The minimum atomic E-state index is 0.267. The molecule has 2 heterocycles. The van der Waals surface area contributed by atoms with E-state index in [1.807, 2.05) is 4.90 Å². The van der Waals surface area contributed by atoms with Gasteiger partial charge in [-0.25, -0.2) is 4.98 Å². The predicted octanol–water partition coefficient (Wildman–Crippen LogP) is 2.79. The summed E-state index contributed by atoms with van der Waals surface area (Å²) in [6.07, 6.45) is 2.56. The maximum Gasteiger partial charge on any atom is 0.222 e. The molecular weight excluding hydrogens is 370 g/mol. The van der Waals surface area contributed by atoms with Crippen LogP contribution in [0.15, 0.2) is 29.3 Å². The highest BCUT2D eigenvalue weighted by Gasteiger charge is 2.19. The maximum atomic E-state index is 11.7. The van der Waals surface area contributed by atoms with Crippen molar-refractivity contribution in [2.24, 2.45) is 4.99 Å². The first-order valence-corrected chi connectivity index (χ1v) is 10.6. The predicted molar refractivity (Wildman–Crippen MR) is 115 cm³/mol. The van der Waals surface area contributed by atoms with Gasteiger partial charge in [0.1, 0.15) is 0 Å². The Labute approximate surface area is 171 Å². The number of hydrogen-bond acceptors (Lipinski definition) is 4. The van der Waals surface area contributed by atoms with Crippen LogP contribution in [0, 0.1) is 13.8 Å². The largest absolute Gasteiger partial charge is 0.356 e. The van der Waals surface area contributed by atoms with E-state index in [1.165, 1.54) is 16.0 Å². The number of nitrogens with zero attached hydrogens (tertiary/aromatic N) is 3. The van der Waals surface area contributed by atoms with Crippen LogP contribution >= 0.6 is 11.3 Å². The monoisotopic (exact) mass is 399 g/mol. The van der Waals surface area contributed by atoms with Crippen molar-refractivity contribution < 1.29 is 4.79 Å². The van der Waals surface area contributed by atoms with E-state index >= 15 is 0 Å². The number of rotatable bonds is 7. The molecule has 28 heavy (non-hydrogen) atoms. The summed E-state index contributed by atoms with van der Waals surface area (Å²) in [7, 11) is 1.78. The van der Waals surface area contributed by atoms with E-state index in [-0.39, 0.29) is 5.91 Å². The van der Waals surface area contributed by atoms with Crippen LogP contribution in [0.3, 0.4) is 0 Å². The van der Waals surface area contributed by atoms with Crippen molar-refractivity contribution >= 4 is 23.2 Å². The quantitative estimate of drug-likeness (QED) is 0.555. The van der Waals surface area contributed by atoms with E-state index in [0.29, 0.717) is 19.5 Å². The van der Waals surface area contributed by atoms with Crippen LogP contribution in [0.5, 0.6) is 0 Å². The Kier molecular flexibility index (Phi) is 7.03. The molecular formula is C21H29N5OS. The summed E-state index contributed by atoms with van der Waals surface area (Å²) >= 11 is 1.76. The molecule has 6 nitrogen and oxygen atoms in total. The van der Waals surface area contributed by atoms with E-state index < -0.39 is 0 Å². The van der Waals surface area contributed by atoms with Crippen LogP contribution in [-0.4, -0.2) is 41.9 Å². The van der Waals surface area contributed by atoms with Crippen LogP contribution < -0.4 is 10.6 Å². The van der Waals surface area contributed by atoms with Crippen LogP contribution in [0.2, 0.25) is 0 Å². The van der Waals surface area contributed by atoms with Gasteiger partial charge in [-0.3, -0.25) is 9.79 Å². The fraction of sp³-hybridized carbons (Fsp3) is 0.476. The van der Waals surface area contributed by atoms with E-state index in [9.17, 15) is 4.79 Å². The van der Waals surface area contributed by atoms with E-state index in [1.54, 1.807) is 18.4 Å². The first-order valence-electron chi connectivity index (χ1n) is 9.78. The highest BCUT2D eigenvalue weighted by atomic mass is 32.1. The lowest BCUT2D eigenvalue weighted by Crippen LogP contribution is -2.37. The number of carbonyl (C=O) groups is 1. The van der Waals surface area contributed by atoms with Gasteiger partial charge in [0.15, 0.2) is 5.96 Å². The number of aryl methyl sites for hydroxylation is 2. The third kappa shape index (κ3) is 5.55. The molecule has 0 unspecified atom stereocenters. The molecule has 1 aliphatic heterocycles. The van der Waals surface area contributed by atoms with Gasteiger partial charge < -0.3 is 15.5 Å². The SMILES string of the molecule is CN=C(NCCc1nc(C)c(C)s1)NCc1ccc(CN2CCCC2=O)cc1. The average molecular weight is 400 g/mol. The van der Waals surface area contributed by atoms with E-state index in [2.05, 4.69) is 58.7 Å². The smallest absolute Gasteiger partial charge is 0.222 e. The molecule has 0 saturated carbocycles. The van der Waals surface area contributed by atoms with Crippen molar-refractivity contribution in [1.29, 1.82) is 0 Å². The summed E-state index contributed by atoms with van der Waals surface area (Å²) in [4.78, 5) is 23.8. The highest BCUT2D eigenvalue weighted by molar-refractivity contribution is 7.11. The fourth-order valence-electron chi connectivity index (χ4n) is 3.19. The Morgan fingerprint density at radius 3 is 2.57 bits per heavy atom. The molecule has 0 aliphatic carbocycles. The molecule has 0 atom stereocenters. The second-order valence-electron chi connectivity index (χ2n) is 7.09. The molecule has 0 spiro atoms. The highest BCUT2D eigenvalue weighted by Crippen LogP contribution is 2.16. The van der Waals surface area contributed by atoms with Crippen LogP contribution in [0.25, 0.3) is 0 Å². The van der Waals surface area contributed by atoms with E-state index in [4.69, 9.17) is 0 Å². The number of likely N-dealkylation sites (tertiary alicyclic amines) is 1. The van der Waals surface area contributed by atoms with Crippen molar-refractivity contribution in [2.45, 2.75) is 46.2 Å². The second-order valence-corrected chi connectivity index (χ2v) is 8.37. The first-order chi connectivity index (χ1) is 13.5. The summed E-state index contributed by atoms with van der Waals surface area (Å²) in [6.45, 7) is 7.26. The van der Waals surface area contributed by atoms with Gasteiger partial charge in [0.05, 0.1) is 10.7 Å².